The van der Waals surface area contributed by atoms with Gasteiger partial charge in [0, 0.05) is 24.9 Å². The maximum Gasteiger partial charge on any atom is 0.256 e. The van der Waals surface area contributed by atoms with Gasteiger partial charge in [-0.1, -0.05) is 6.92 Å². The molecule has 0 bridgehead atoms. The zero-order valence-corrected chi connectivity index (χ0v) is 12.1. The van der Waals surface area contributed by atoms with Gasteiger partial charge in [-0.3, -0.25) is 4.79 Å². The largest absolute Gasteiger partial charge is 0.396 e. The molecule has 1 aromatic carbocycles. The molecule has 0 aliphatic rings. The van der Waals surface area contributed by atoms with E-state index < -0.39 is 17.5 Å². The molecule has 0 saturated heterocycles. The summed E-state index contributed by atoms with van der Waals surface area (Å²) in [6, 6.07) is 1.70. The molecule has 2 N–H and O–H groups in total. The summed E-state index contributed by atoms with van der Waals surface area (Å²) in [4.78, 5) is 13.7. The first-order valence-electron chi connectivity index (χ1n) is 5.93. The molecule has 19 heavy (non-hydrogen) atoms. The summed E-state index contributed by atoms with van der Waals surface area (Å²) in [5.74, 6) is -1.46. The Morgan fingerprint density at radius 3 is 2.58 bits per heavy atom. The average Bonchev–Trinajstić information content (AvgIpc) is 2.38. The van der Waals surface area contributed by atoms with Crippen molar-refractivity contribution in [2.45, 2.75) is 19.4 Å². The number of carbonyl (C=O) groups is 1. The molecule has 0 saturated carbocycles. The fourth-order valence-corrected chi connectivity index (χ4v) is 2.63. The second-order valence-electron chi connectivity index (χ2n) is 4.29. The lowest BCUT2D eigenvalue weighted by molar-refractivity contribution is 0.0739. The minimum absolute atomic E-state index is 0.00757. The average molecular weight is 288 g/mol. The van der Waals surface area contributed by atoms with Crippen LogP contribution in [0.3, 0.4) is 0 Å². The highest BCUT2D eigenvalue weighted by atomic mass is 32.2. The molecule has 1 unspecified atom stereocenters. The third-order valence-electron chi connectivity index (χ3n) is 3.02. The number of hydrogen-bond acceptors (Lipinski definition) is 3. The number of rotatable bonds is 5. The Hall–Kier alpha value is -1.30. The fraction of sp³-hybridized carbons (Fsp3) is 0.462. The molecule has 0 fully saturated rings. The van der Waals surface area contributed by atoms with Crippen molar-refractivity contribution in [1.29, 1.82) is 0 Å². The van der Waals surface area contributed by atoms with Gasteiger partial charge in [0.15, 0.2) is 0 Å². The summed E-state index contributed by atoms with van der Waals surface area (Å²) in [5.41, 5.74) is 4.96. The van der Waals surface area contributed by atoms with E-state index in [9.17, 15) is 13.6 Å². The molecule has 0 spiro atoms. The summed E-state index contributed by atoms with van der Waals surface area (Å²) in [7, 11) is 1.62. The van der Waals surface area contributed by atoms with Crippen molar-refractivity contribution in [1.82, 2.24) is 4.90 Å². The van der Waals surface area contributed by atoms with Gasteiger partial charge in [-0.05, 0) is 18.7 Å². The van der Waals surface area contributed by atoms with Crippen LogP contribution in [0.2, 0.25) is 0 Å². The van der Waals surface area contributed by atoms with Crippen molar-refractivity contribution in [2.24, 2.45) is 0 Å². The Morgan fingerprint density at radius 2 is 2.05 bits per heavy atom. The van der Waals surface area contributed by atoms with Crippen LogP contribution in [-0.2, 0) is 0 Å². The Morgan fingerprint density at radius 1 is 1.42 bits per heavy atom. The minimum Gasteiger partial charge on any atom is -0.396 e. The molecule has 1 rings (SSSR count). The van der Waals surface area contributed by atoms with E-state index in [4.69, 9.17) is 5.73 Å². The molecular weight excluding hydrogens is 270 g/mol. The molecule has 1 amide bonds. The Labute approximate surface area is 116 Å². The van der Waals surface area contributed by atoms with Gasteiger partial charge in [0.1, 0.15) is 11.6 Å². The molecule has 1 aromatic rings. The van der Waals surface area contributed by atoms with E-state index >= 15 is 0 Å². The van der Waals surface area contributed by atoms with Gasteiger partial charge in [0.2, 0.25) is 0 Å². The van der Waals surface area contributed by atoms with Crippen LogP contribution in [0.5, 0.6) is 0 Å². The Bertz CT molecular complexity index is 468. The number of benzene rings is 1. The number of anilines is 1. The molecule has 0 aliphatic heterocycles. The van der Waals surface area contributed by atoms with E-state index in [-0.39, 0.29) is 17.3 Å². The molecule has 0 heterocycles. The molecule has 106 valence electrons. The van der Waals surface area contributed by atoms with Crippen LogP contribution in [-0.4, -0.2) is 35.9 Å². The van der Waals surface area contributed by atoms with Gasteiger partial charge in [-0.25, -0.2) is 8.78 Å². The third-order valence-corrected chi connectivity index (χ3v) is 3.73. The van der Waals surface area contributed by atoms with E-state index in [1.165, 1.54) is 4.90 Å². The van der Waals surface area contributed by atoms with Gasteiger partial charge in [-0.2, -0.15) is 11.8 Å². The second kappa shape index (κ2) is 6.75. The molecular formula is C13H18F2N2OS. The summed E-state index contributed by atoms with van der Waals surface area (Å²) in [6.07, 6.45) is 2.71. The fourth-order valence-electron chi connectivity index (χ4n) is 1.78. The van der Waals surface area contributed by atoms with Crippen LogP contribution >= 0.6 is 11.8 Å². The van der Waals surface area contributed by atoms with E-state index in [2.05, 4.69) is 0 Å². The van der Waals surface area contributed by atoms with Crippen molar-refractivity contribution >= 4 is 23.4 Å². The maximum absolute atomic E-state index is 13.6. The van der Waals surface area contributed by atoms with Crippen molar-refractivity contribution in [3.05, 3.63) is 29.3 Å². The van der Waals surface area contributed by atoms with Crippen molar-refractivity contribution in [3.8, 4) is 0 Å². The first-order chi connectivity index (χ1) is 8.92. The van der Waals surface area contributed by atoms with E-state index in [1.54, 1.807) is 18.8 Å². The highest BCUT2D eigenvalue weighted by Gasteiger charge is 2.23. The summed E-state index contributed by atoms with van der Waals surface area (Å²) >= 11 is 1.61. The van der Waals surface area contributed by atoms with Crippen LogP contribution in [0.4, 0.5) is 14.5 Å². The number of nitrogens with two attached hydrogens (primary N) is 1. The predicted molar refractivity (Wildman–Crippen MR) is 75.3 cm³/mol. The van der Waals surface area contributed by atoms with Crippen LogP contribution in [0.1, 0.15) is 23.7 Å². The summed E-state index contributed by atoms with van der Waals surface area (Å²) in [6.45, 7) is 1.96. The number of amides is 1. The van der Waals surface area contributed by atoms with Crippen LogP contribution in [0.15, 0.2) is 12.1 Å². The lowest BCUT2D eigenvalue weighted by atomic mass is 10.1. The number of carbonyl (C=O) groups excluding carboxylic acids is 1. The summed E-state index contributed by atoms with van der Waals surface area (Å²) in [5, 5.41) is 0. The van der Waals surface area contributed by atoms with Crippen molar-refractivity contribution in [2.75, 3.05) is 24.8 Å². The summed E-state index contributed by atoms with van der Waals surface area (Å²) < 4.78 is 26.7. The van der Waals surface area contributed by atoms with Gasteiger partial charge >= 0.3 is 0 Å². The Balaban J connectivity index is 3.02. The van der Waals surface area contributed by atoms with Gasteiger partial charge in [-0.15, -0.1) is 0 Å². The smallest absolute Gasteiger partial charge is 0.256 e. The number of halogens is 2. The lowest BCUT2D eigenvalue weighted by Gasteiger charge is -2.27. The van der Waals surface area contributed by atoms with Gasteiger partial charge < -0.3 is 10.6 Å². The van der Waals surface area contributed by atoms with Gasteiger partial charge in [0.25, 0.3) is 5.91 Å². The quantitative estimate of drug-likeness (QED) is 0.847. The zero-order chi connectivity index (χ0) is 14.6. The first-order valence-corrected chi connectivity index (χ1v) is 7.32. The predicted octanol–water partition coefficient (Wildman–Crippen LogP) is 2.76. The SMILES string of the molecule is CCC(CSC)N(C)C(=O)c1cc(N)c(F)cc1F. The van der Waals surface area contributed by atoms with E-state index in [0.717, 1.165) is 18.2 Å². The zero-order valence-electron chi connectivity index (χ0n) is 11.2. The van der Waals surface area contributed by atoms with Crippen molar-refractivity contribution < 1.29 is 13.6 Å². The molecule has 0 aliphatic carbocycles. The highest BCUT2D eigenvalue weighted by molar-refractivity contribution is 7.98. The number of hydrogen-bond donors (Lipinski definition) is 1. The Kier molecular flexibility index (Phi) is 5.60. The molecule has 1 atom stereocenters. The topological polar surface area (TPSA) is 46.3 Å². The van der Waals surface area contributed by atoms with E-state index in [0.29, 0.717) is 6.07 Å². The first kappa shape index (κ1) is 15.8. The normalized spacial score (nSPS) is 12.3. The maximum atomic E-state index is 13.6. The van der Waals surface area contributed by atoms with Crippen LogP contribution in [0, 0.1) is 11.6 Å². The van der Waals surface area contributed by atoms with Crippen LogP contribution < -0.4 is 5.73 Å². The standard InChI is InChI=1S/C13H18F2N2OS/c1-4-8(7-19-3)17(2)13(18)9-5-12(16)11(15)6-10(9)14/h5-6,8H,4,7,16H2,1-3H3. The van der Waals surface area contributed by atoms with Crippen molar-refractivity contribution in [3.63, 3.8) is 0 Å². The van der Waals surface area contributed by atoms with E-state index in [1.807, 2.05) is 13.2 Å². The lowest BCUT2D eigenvalue weighted by Crippen LogP contribution is -2.38. The second-order valence-corrected chi connectivity index (χ2v) is 5.20. The molecule has 6 heteroatoms. The van der Waals surface area contributed by atoms with Gasteiger partial charge in [0.05, 0.1) is 11.3 Å². The monoisotopic (exact) mass is 288 g/mol. The minimum atomic E-state index is -0.887. The number of nitrogen functional groups attached to an aromatic ring is 1. The number of nitrogens with zero attached hydrogens (tertiary/aromatic N) is 1. The highest BCUT2D eigenvalue weighted by Crippen LogP contribution is 2.20. The number of thioether (sulfide) groups is 1. The molecule has 3 nitrogen and oxygen atoms in total. The third kappa shape index (κ3) is 3.59. The molecule has 0 radical (unpaired) electrons. The molecule has 0 aromatic heterocycles. The van der Waals surface area contributed by atoms with Crippen LogP contribution in [0.25, 0.3) is 0 Å².